The van der Waals surface area contributed by atoms with Crippen molar-refractivity contribution < 1.29 is 19.1 Å². The summed E-state index contributed by atoms with van der Waals surface area (Å²) in [6.45, 7) is 8.38. The molecule has 0 saturated carbocycles. The number of carbonyl (C=O) groups excluding carboxylic acids is 2. The highest BCUT2D eigenvalue weighted by atomic mass is 32.2. The Morgan fingerprint density at radius 3 is 2.46 bits per heavy atom. The normalized spacial score (nSPS) is 10.8. The molecule has 2 aromatic carbocycles. The highest BCUT2D eigenvalue weighted by Crippen LogP contribution is 2.28. The Balaban J connectivity index is 1.58. The van der Waals surface area contributed by atoms with Crippen molar-refractivity contribution in [3.8, 4) is 11.5 Å². The van der Waals surface area contributed by atoms with Crippen molar-refractivity contribution in [2.75, 3.05) is 25.3 Å². The molecule has 2 amide bonds. The average molecular weight is 522 g/mol. The maximum Gasteiger partial charge on any atom is 0.244 e. The molecule has 0 fully saturated rings. The molecule has 0 aliphatic carbocycles. The van der Waals surface area contributed by atoms with Crippen LogP contribution in [0.2, 0.25) is 0 Å². The Morgan fingerprint density at radius 2 is 1.78 bits per heavy atom. The number of hydrogen-bond acceptors (Lipinski definition) is 7. The number of allylic oxidation sites excluding steroid dienone is 1. The fourth-order valence-corrected chi connectivity index (χ4v) is 4.36. The molecule has 0 unspecified atom stereocenters. The van der Waals surface area contributed by atoms with Gasteiger partial charge in [0.05, 0.1) is 26.5 Å². The van der Waals surface area contributed by atoms with Crippen molar-refractivity contribution in [1.29, 1.82) is 0 Å². The summed E-state index contributed by atoms with van der Waals surface area (Å²) in [5, 5.41) is 14.7. The van der Waals surface area contributed by atoms with E-state index < -0.39 is 0 Å². The van der Waals surface area contributed by atoms with E-state index >= 15 is 0 Å². The number of ether oxygens (including phenoxy) is 2. The second-order valence-electron chi connectivity index (χ2n) is 8.18. The number of aromatic nitrogens is 3. The number of nitrogens with zero attached hydrogens (tertiary/aromatic N) is 3. The zero-order valence-electron chi connectivity index (χ0n) is 21.4. The molecule has 0 aliphatic rings. The number of methoxy groups -OCH3 is 2. The molecule has 0 aliphatic heterocycles. The van der Waals surface area contributed by atoms with Gasteiger partial charge in [0.1, 0.15) is 0 Å². The molecule has 3 aromatic rings. The van der Waals surface area contributed by atoms with Gasteiger partial charge in [-0.25, -0.2) is 0 Å². The molecule has 0 atom stereocenters. The summed E-state index contributed by atoms with van der Waals surface area (Å²) in [5.41, 5.74) is 3.72. The monoisotopic (exact) mass is 521 g/mol. The number of nitrogens with one attached hydrogen (secondary N) is 2. The van der Waals surface area contributed by atoms with Gasteiger partial charge in [0.25, 0.3) is 0 Å². The molecule has 0 bridgehead atoms. The highest BCUT2D eigenvalue weighted by Gasteiger charge is 2.14. The van der Waals surface area contributed by atoms with Gasteiger partial charge in [0, 0.05) is 18.3 Å². The molecule has 37 heavy (non-hydrogen) atoms. The quantitative estimate of drug-likeness (QED) is 0.209. The smallest absolute Gasteiger partial charge is 0.244 e. The molecule has 1 heterocycles. The van der Waals surface area contributed by atoms with Gasteiger partial charge >= 0.3 is 0 Å². The first kappa shape index (κ1) is 27.5. The number of benzene rings is 2. The lowest BCUT2D eigenvalue weighted by Gasteiger charge is -2.09. The van der Waals surface area contributed by atoms with Crippen LogP contribution in [0.1, 0.15) is 22.5 Å². The van der Waals surface area contributed by atoms with Crippen LogP contribution in [0.3, 0.4) is 0 Å². The molecule has 0 radical (unpaired) electrons. The fourth-order valence-electron chi connectivity index (χ4n) is 3.60. The van der Waals surface area contributed by atoms with E-state index in [0.29, 0.717) is 29.0 Å². The highest BCUT2D eigenvalue weighted by molar-refractivity contribution is 7.99. The van der Waals surface area contributed by atoms with E-state index in [9.17, 15) is 9.59 Å². The van der Waals surface area contributed by atoms with E-state index in [1.807, 2.05) is 36.6 Å². The Kier molecular flexibility index (Phi) is 9.91. The minimum Gasteiger partial charge on any atom is -0.493 e. The van der Waals surface area contributed by atoms with Crippen LogP contribution in [0, 0.1) is 13.8 Å². The second kappa shape index (κ2) is 13.3. The summed E-state index contributed by atoms with van der Waals surface area (Å²) in [6, 6.07) is 11.3. The van der Waals surface area contributed by atoms with Crippen LogP contribution in [0.4, 0.5) is 5.69 Å². The fraction of sp³-hybridized carbons (Fsp3) is 0.259. The summed E-state index contributed by atoms with van der Waals surface area (Å²) >= 11 is 1.27. The Labute approximate surface area is 221 Å². The SMILES string of the molecule is C=CCn1c(CNC(=O)/C=C/c2ccc(OC)c(OC)c2)nnc1SCC(=O)Nc1cc(C)cc(C)c1. The second-order valence-corrected chi connectivity index (χ2v) is 9.12. The van der Waals surface area contributed by atoms with Crippen molar-refractivity contribution in [3.05, 3.63) is 77.6 Å². The van der Waals surface area contributed by atoms with Crippen LogP contribution in [-0.2, 0) is 22.7 Å². The van der Waals surface area contributed by atoms with E-state index in [0.717, 1.165) is 22.4 Å². The number of rotatable bonds is 12. The Bertz CT molecular complexity index is 1280. The van der Waals surface area contributed by atoms with E-state index in [2.05, 4.69) is 33.5 Å². The summed E-state index contributed by atoms with van der Waals surface area (Å²) in [4.78, 5) is 24.9. The third-order valence-corrected chi connectivity index (χ3v) is 6.17. The molecule has 9 nitrogen and oxygen atoms in total. The van der Waals surface area contributed by atoms with Gasteiger partial charge in [-0.3, -0.25) is 9.59 Å². The largest absolute Gasteiger partial charge is 0.493 e. The van der Waals surface area contributed by atoms with Crippen molar-refractivity contribution in [2.24, 2.45) is 0 Å². The first-order chi connectivity index (χ1) is 17.8. The standard InChI is InChI=1S/C27H31N5O4S/c1-6-11-32-24(16-28-25(33)10-8-20-7-9-22(35-4)23(15-20)36-5)30-31-27(32)37-17-26(34)29-21-13-18(2)12-19(3)14-21/h6-10,12-15H,1,11,16-17H2,2-5H3,(H,28,33)(H,29,34)/b10-8+. The molecule has 1 aromatic heterocycles. The number of thioether (sulfide) groups is 1. The molecule has 0 saturated heterocycles. The summed E-state index contributed by atoms with van der Waals surface area (Å²) in [5.74, 6) is 1.49. The van der Waals surface area contributed by atoms with Crippen molar-refractivity contribution >= 4 is 35.3 Å². The number of amides is 2. The van der Waals surface area contributed by atoms with Gasteiger partial charge in [-0.1, -0.05) is 30.0 Å². The van der Waals surface area contributed by atoms with Gasteiger partial charge in [-0.2, -0.15) is 0 Å². The van der Waals surface area contributed by atoms with Crippen LogP contribution in [0.25, 0.3) is 6.08 Å². The maximum absolute atomic E-state index is 12.5. The zero-order valence-corrected chi connectivity index (χ0v) is 22.2. The first-order valence-electron chi connectivity index (χ1n) is 11.5. The minimum absolute atomic E-state index is 0.140. The van der Waals surface area contributed by atoms with Crippen LogP contribution < -0.4 is 20.1 Å². The summed E-state index contributed by atoms with van der Waals surface area (Å²) in [6.07, 6.45) is 4.83. The molecule has 194 valence electrons. The lowest BCUT2D eigenvalue weighted by molar-refractivity contribution is -0.116. The van der Waals surface area contributed by atoms with Gasteiger partial charge in [0.15, 0.2) is 22.5 Å². The predicted octanol–water partition coefficient (Wildman–Crippen LogP) is 4.16. The predicted molar refractivity (Wildman–Crippen MR) is 146 cm³/mol. The van der Waals surface area contributed by atoms with Gasteiger partial charge in [-0.05, 0) is 60.9 Å². The summed E-state index contributed by atoms with van der Waals surface area (Å²) in [7, 11) is 3.12. The van der Waals surface area contributed by atoms with E-state index in [1.54, 1.807) is 38.5 Å². The lowest BCUT2D eigenvalue weighted by atomic mass is 10.1. The molecule has 2 N–H and O–H groups in total. The van der Waals surface area contributed by atoms with Crippen molar-refractivity contribution in [1.82, 2.24) is 20.1 Å². The molecule has 0 spiro atoms. The molecular formula is C27H31N5O4S. The third-order valence-electron chi connectivity index (χ3n) is 5.20. The number of carbonyl (C=O) groups is 2. The molecule has 3 rings (SSSR count). The number of anilines is 1. The Hall–Kier alpha value is -4.05. The average Bonchev–Trinajstić information content (AvgIpc) is 3.25. The molecular weight excluding hydrogens is 490 g/mol. The number of aryl methyl sites for hydroxylation is 2. The topological polar surface area (TPSA) is 107 Å². The van der Waals surface area contributed by atoms with Crippen LogP contribution in [0.5, 0.6) is 11.5 Å². The zero-order chi connectivity index (χ0) is 26.8. The molecule has 10 heteroatoms. The van der Waals surface area contributed by atoms with E-state index in [4.69, 9.17) is 9.47 Å². The first-order valence-corrected chi connectivity index (χ1v) is 12.5. The van der Waals surface area contributed by atoms with Gasteiger partial charge in [-0.15, -0.1) is 16.8 Å². The maximum atomic E-state index is 12.5. The van der Waals surface area contributed by atoms with E-state index in [1.165, 1.54) is 17.8 Å². The van der Waals surface area contributed by atoms with Crippen LogP contribution in [0.15, 0.2) is 60.3 Å². The Morgan fingerprint density at radius 1 is 1.05 bits per heavy atom. The van der Waals surface area contributed by atoms with Crippen LogP contribution >= 0.6 is 11.8 Å². The van der Waals surface area contributed by atoms with Crippen molar-refractivity contribution in [3.63, 3.8) is 0 Å². The van der Waals surface area contributed by atoms with E-state index in [-0.39, 0.29) is 24.1 Å². The van der Waals surface area contributed by atoms with Gasteiger partial charge < -0.3 is 24.7 Å². The minimum atomic E-state index is -0.287. The van der Waals surface area contributed by atoms with Crippen molar-refractivity contribution in [2.45, 2.75) is 32.1 Å². The van der Waals surface area contributed by atoms with Gasteiger partial charge in [0.2, 0.25) is 11.8 Å². The lowest BCUT2D eigenvalue weighted by Crippen LogP contribution is -2.23. The van der Waals surface area contributed by atoms with Crippen LogP contribution in [-0.4, -0.2) is 46.6 Å². The third kappa shape index (κ3) is 7.97. The summed E-state index contributed by atoms with van der Waals surface area (Å²) < 4.78 is 12.3. The number of hydrogen-bond donors (Lipinski definition) is 2.